The van der Waals surface area contributed by atoms with Gasteiger partial charge in [-0.15, -0.1) is 0 Å². The van der Waals surface area contributed by atoms with Crippen LogP contribution >= 0.6 is 0 Å². The Morgan fingerprint density at radius 1 is 0.545 bits per heavy atom. The maximum Gasteiger partial charge on any atom is 0.0980 e. The van der Waals surface area contributed by atoms with Gasteiger partial charge in [-0.05, 0) is 0 Å². The summed E-state index contributed by atoms with van der Waals surface area (Å²) in [5.41, 5.74) is 5.31. The minimum absolute atomic E-state index is 0.737. The third-order valence-corrected chi connectivity index (χ3v) is 3.51. The lowest BCUT2D eigenvalue weighted by atomic mass is 10.0. The lowest BCUT2D eigenvalue weighted by molar-refractivity contribution is 1.29. The van der Waals surface area contributed by atoms with Crippen molar-refractivity contribution < 1.29 is 0 Å². The Hall–Kier alpha value is -3.00. The number of nitrogens with zero attached hydrogens (tertiary/aromatic N) is 2. The van der Waals surface area contributed by atoms with Crippen LogP contribution in [0.2, 0.25) is 0 Å². The molecule has 0 fully saturated rings. The van der Waals surface area contributed by atoms with E-state index in [1.165, 1.54) is 0 Å². The molecule has 2 heteroatoms. The lowest BCUT2D eigenvalue weighted by Gasteiger charge is -2.10. The molecule has 0 bridgehead atoms. The molecule has 22 heavy (non-hydrogen) atoms. The number of rotatable bonds is 2. The first-order valence-corrected chi connectivity index (χ1v) is 7.13. The van der Waals surface area contributed by atoms with E-state index < -0.39 is 0 Å². The second kappa shape index (κ2) is 5.41. The topological polar surface area (TPSA) is 25.8 Å². The fraction of sp³-hybridized carbons (Fsp3) is 0. The normalized spacial score (nSPS) is 10.7. The van der Waals surface area contributed by atoms with Crippen LogP contribution in [0.4, 0.5) is 0 Å². The molecule has 0 saturated heterocycles. The maximum absolute atomic E-state index is 4.77. The number of fused-ring (bicyclic) bond motifs is 1. The van der Waals surface area contributed by atoms with Gasteiger partial charge in [-0.25, -0.2) is 9.97 Å². The maximum atomic E-state index is 4.77. The first kappa shape index (κ1) is 12.7. The Morgan fingerprint density at radius 2 is 0.955 bits per heavy atom. The van der Waals surface area contributed by atoms with Crippen LogP contribution in [0, 0.1) is 12.1 Å². The third-order valence-electron chi connectivity index (χ3n) is 3.51. The van der Waals surface area contributed by atoms with Crippen LogP contribution < -0.4 is 0 Å². The molecule has 2 nitrogen and oxygen atoms in total. The van der Waals surface area contributed by atoms with Crippen molar-refractivity contribution in [1.82, 2.24) is 9.97 Å². The minimum atomic E-state index is 0.737. The van der Waals surface area contributed by atoms with Crippen molar-refractivity contribution in [3.8, 4) is 22.5 Å². The van der Waals surface area contributed by atoms with Gasteiger partial charge in [0.2, 0.25) is 0 Å². The molecule has 0 aliphatic carbocycles. The molecule has 0 saturated carbocycles. The highest BCUT2D eigenvalue weighted by molar-refractivity contribution is 5.85. The van der Waals surface area contributed by atoms with Gasteiger partial charge in [0.15, 0.2) is 0 Å². The quantitative estimate of drug-likeness (QED) is 0.537. The number of hydrogen-bond donors (Lipinski definition) is 0. The van der Waals surface area contributed by atoms with E-state index in [0.717, 1.165) is 33.5 Å². The first-order valence-electron chi connectivity index (χ1n) is 7.13. The van der Waals surface area contributed by atoms with Crippen molar-refractivity contribution in [2.45, 2.75) is 0 Å². The largest absolute Gasteiger partial charge is 0.243 e. The van der Waals surface area contributed by atoms with E-state index in [0.29, 0.717) is 0 Å². The van der Waals surface area contributed by atoms with Crippen LogP contribution in [-0.4, -0.2) is 9.97 Å². The average Bonchev–Trinajstić information content (AvgIpc) is 2.62. The minimum Gasteiger partial charge on any atom is -0.243 e. The van der Waals surface area contributed by atoms with Crippen LogP contribution in [0.25, 0.3) is 33.5 Å². The zero-order chi connectivity index (χ0) is 14.8. The van der Waals surface area contributed by atoms with Crippen molar-refractivity contribution in [2.24, 2.45) is 0 Å². The summed E-state index contributed by atoms with van der Waals surface area (Å²) >= 11 is 0. The Labute approximate surface area is 129 Å². The molecule has 4 rings (SSSR count). The molecule has 1 heterocycles. The van der Waals surface area contributed by atoms with Gasteiger partial charge in [0.25, 0.3) is 0 Å². The van der Waals surface area contributed by atoms with Gasteiger partial charge in [-0.2, -0.15) is 0 Å². The first-order chi connectivity index (χ1) is 10.9. The van der Waals surface area contributed by atoms with Crippen LogP contribution in [0.5, 0.6) is 0 Å². The van der Waals surface area contributed by atoms with Crippen molar-refractivity contribution in [2.75, 3.05) is 0 Å². The van der Waals surface area contributed by atoms with Crippen molar-refractivity contribution in [3.63, 3.8) is 0 Å². The monoisotopic (exact) mass is 280 g/mol. The van der Waals surface area contributed by atoms with E-state index >= 15 is 0 Å². The molecule has 0 aliphatic rings. The highest BCUT2D eigenvalue weighted by Crippen LogP contribution is 2.30. The summed E-state index contributed by atoms with van der Waals surface area (Å²) in [6, 6.07) is 30.1. The average molecular weight is 280 g/mol. The number of hydrogen-bond acceptors (Lipinski definition) is 2. The Kier molecular flexibility index (Phi) is 3.13. The predicted octanol–water partition coefficient (Wildman–Crippen LogP) is 4.56. The molecular formula is C20H12N2. The fourth-order valence-electron chi connectivity index (χ4n) is 2.47. The van der Waals surface area contributed by atoms with Crippen LogP contribution in [0.1, 0.15) is 0 Å². The van der Waals surface area contributed by atoms with Crippen LogP contribution in [0.3, 0.4) is 0 Å². The Morgan fingerprint density at radius 3 is 1.36 bits per heavy atom. The summed E-state index contributed by atoms with van der Waals surface area (Å²) in [7, 11) is 0. The van der Waals surface area contributed by atoms with E-state index in [1.54, 1.807) is 0 Å². The second-order valence-electron chi connectivity index (χ2n) is 4.97. The van der Waals surface area contributed by atoms with Gasteiger partial charge in [0.05, 0.1) is 22.4 Å². The van der Waals surface area contributed by atoms with Crippen LogP contribution in [0.15, 0.2) is 72.8 Å². The Bertz CT molecular complexity index is 838. The van der Waals surface area contributed by atoms with Crippen molar-refractivity contribution >= 4 is 11.0 Å². The van der Waals surface area contributed by atoms with Crippen molar-refractivity contribution in [3.05, 3.63) is 84.9 Å². The number of benzene rings is 3. The highest BCUT2D eigenvalue weighted by atomic mass is 14.8. The van der Waals surface area contributed by atoms with E-state index in [2.05, 4.69) is 36.4 Å². The lowest BCUT2D eigenvalue weighted by Crippen LogP contribution is -1.95. The molecule has 0 atom stereocenters. The molecule has 2 radical (unpaired) electrons. The molecule has 0 spiro atoms. The summed E-state index contributed by atoms with van der Waals surface area (Å²) < 4.78 is 0. The zero-order valence-electron chi connectivity index (χ0n) is 11.8. The van der Waals surface area contributed by atoms with Gasteiger partial charge in [-0.3, -0.25) is 0 Å². The standard InChI is InChI=1S/C20H12N2/c1-3-9-15(10-4-1)19-20(16-11-5-2-6-12-16)22-18-14-8-7-13-17(18)21-19/h1-12H. The van der Waals surface area contributed by atoms with Gasteiger partial charge in [-0.1, -0.05) is 72.8 Å². The highest BCUT2D eigenvalue weighted by Gasteiger charge is 2.12. The molecule has 4 aromatic rings. The summed E-state index contributed by atoms with van der Waals surface area (Å²) in [6.07, 6.45) is 0. The van der Waals surface area contributed by atoms with E-state index in [-0.39, 0.29) is 0 Å². The summed E-state index contributed by atoms with van der Waals surface area (Å²) in [5, 5.41) is 0. The van der Waals surface area contributed by atoms with Gasteiger partial charge in [0.1, 0.15) is 0 Å². The molecule has 3 aromatic carbocycles. The molecule has 102 valence electrons. The molecule has 0 N–H and O–H groups in total. The van der Waals surface area contributed by atoms with Crippen LogP contribution in [-0.2, 0) is 0 Å². The summed E-state index contributed by atoms with van der Waals surface area (Å²) in [6.45, 7) is 0. The number of aromatic nitrogens is 2. The van der Waals surface area contributed by atoms with Gasteiger partial charge in [0, 0.05) is 23.3 Å². The predicted molar refractivity (Wildman–Crippen MR) is 88.1 cm³/mol. The third kappa shape index (κ3) is 2.25. The fourth-order valence-corrected chi connectivity index (χ4v) is 2.47. The molecular weight excluding hydrogens is 268 g/mol. The van der Waals surface area contributed by atoms with Gasteiger partial charge < -0.3 is 0 Å². The van der Waals surface area contributed by atoms with E-state index in [9.17, 15) is 0 Å². The summed E-state index contributed by atoms with van der Waals surface area (Å²) in [4.78, 5) is 9.54. The zero-order valence-corrected chi connectivity index (χ0v) is 11.8. The van der Waals surface area contributed by atoms with E-state index in [1.807, 2.05) is 48.5 Å². The smallest absolute Gasteiger partial charge is 0.0980 e. The molecule has 0 amide bonds. The SMILES string of the molecule is [c]1cc[c]c2nc(-c3ccccc3)c(-c3ccccc3)nc12. The second-order valence-corrected chi connectivity index (χ2v) is 4.97. The molecule has 0 unspecified atom stereocenters. The van der Waals surface area contributed by atoms with E-state index in [4.69, 9.17) is 9.97 Å². The van der Waals surface area contributed by atoms with Gasteiger partial charge >= 0.3 is 0 Å². The van der Waals surface area contributed by atoms with Crippen molar-refractivity contribution in [1.29, 1.82) is 0 Å². The summed E-state index contributed by atoms with van der Waals surface area (Å²) in [5.74, 6) is 0. The molecule has 1 aromatic heterocycles. The Balaban J connectivity index is 2.04. The molecule has 0 aliphatic heterocycles.